The molecule has 0 fully saturated rings. The van der Waals surface area contributed by atoms with Crippen LogP contribution in [0.3, 0.4) is 0 Å². The Labute approximate surface area is 125 Å². The average Bonchev–Trinajstić information content (AvgIpc) is 2.47. The van der Waals surface area contributed by atoms with Crippen molar-refractivity contribution in [1.82, 2.24) is 0 Å². The highest BCUT2D eigenvalue weighted by Crippen LogP contribution is 2.29. The van der Waals surface area contributed by atoms with Crippen LogP contribution in [-0.2, 0) is 0 Å². The first kappa shape index (κ1) is 14.8. The van der Waals surface area contributed by atoms with E-state index in [9.17, 15) is 9.50 Å². The molecule has 0 radical (unpaired) electrons. The standard InChI is InChI=1S/C15H15BrFNO2/c1-20-12-6-7-14(16)13(8-12)15(9-19)18-11-4-2-10(17)3-5-11/h2-8,15,18-19H,9H2,1H3. The molecule has 1 atom stereocenters. The molecule has 2 aromatic carbocycles. The van der Waals surface area contributed by atoms with Crippen LogP contribution in [0.15, 0.2) is 46.9 Å². The molecule has 3 nitrogen and oxygen atoms in total. The summed E-state index contributed by atoms with van der Waals surface area (Å²) >= 11 is 3.46. The molecular weight excluding hydrogens is 325 g/mol. The van der Waals surface area contributed by atoms with Gasteiger partial charge in [-0.3, -0.25) is 0 Å². The molecule has 0 saturated carbocycles. The van der Waals surface area contributed by atoms with Crippen LogP contribution in [0.1, 0.15) is 11.6 Å². The minimum atomic E-state index is -0.315. The summed E-state index contributed by atoms with van der Waals surface area (Å²) in [6.07, 6.45) is 0. The molecule has 0 aliphatic rings. The zero-order chi connectivity index (χ0) is 14.5. The molecule has 2 N–H and O–H groups in total. The maximum atomic E-state index is 12.9. The normalized spacial score (nSPS) is 12.0. The average molecular weight is 340 g/mol. The lowest BCUT2D eigenvalue weighted by atomic mass is 10.1. The minimum Gasteiger partial charge on any atom is -0.497 e. The van der Waals surface area contributed by atoms with Crippen LogP contribution in [-0.4, -0.2) is 18.8 Å². The molecule has 0 spiro atoms. The molecule has 0 aliphatic carbocycles. The molecule has 0 aliphatic heterocycles. The number of hydrogen-bond donors (Lipinski definition) is 2. The number of aliphatic hydroxyl groups is 1. The molecule has 0 bridgehead atoms. The van der Waals surface area contributed by atoms with Crippen LogP contribution in [0.25, 0.3) is 0 Å². The van der Waals surface area contributed by atoms with Gasteiger partial charge in [0.25, 0.3) is 0 Å². The van der Waals surface area contributed by atoms with Crippen molar-refractivity contribution in [2.24, 2.45) is 0 Å². The van der Waals surface area contributed by atoms with Crippen LogP contribution in [0, 0.1) is 5.82 Å². The van der Waals surface area contributed by atoms with Crippen LogP contribution in [0.5, 0.6) is 5.75 Å². The Morgan fingerprint density at radius 1 is 1.25 bits per heavy atom. The first-order valence-corrected chi connectivity index (χ1v) is 6.89. The van der Waals surface area contributed by atoms with Gasteiger partial charge in [-0.2, -0.15) is 0 Å². The van der Waals surface area contributed by atoms with E-state index in [1.54, 1.807) is 19.2 Å². The number of nitrogens with one attached hydrogen (secondary N) is 1. The van der Waals surface area contributed by atoms with Crippen LogP contribution in [0.2, 0.25) is 0 Å². The topological polar surface area (TPSA) is 41.5 Å². The third kappa shape index (κ3) is 3.49. The summed E-state index contributed by atoms with van der Waals surface area (Å²) in [5, 5.41) is 12.7. The summed E-state index contributed by atoms with van der Waals surface area (Å²) in [5.74, 6) is 0.418. The number of halogens is 2. The van der Waals surface area contributed by atoms with Crippen molar-refractivity contribution in [3.05, 3.63) is 58.3 Å². The number of hydrogen-bond acceptors (Lipinski definition) is 3. The van der Waals surface area contributed by atoms with E-state index in [2.05, 4.69) is 21.2 Å². The largest absolute Gasteiger partial charge is 0.497 e. The first-order chi connectivity index (χ1) is 9.63. The summed E-state index contributed by atoms with van der Waals surface area (Å²) < 4.78 is 18.9. The van der Waals surface area contributed by atoms with Gasteiger partial charge >= 0.3 is 0 Å². The lowest BCUT2D eigenvalue weighted by molar-refractivity contribution is 0.275. The molecule has 5 heteroatoms. The summed E-state index contributed by atoms with van der Waals surface area (Å²) in [4.78, 5) is 0. The molecule has 0 saturated heterocycles. The second-order valence-electron chi connectivity index (χ2n) is 4.27. The smallest absolute Gasteiger partial charge is 0.123 e. The van der Waals surface area contributed by atoms with E-state index >= 15 is 0 Å². The molecular formula is C15H15BrFNO2. The summed E-state index contributed by atoms with van der Waals surface area (Å²) in [6, 6.07) is 11.2. The van der Waals surface area contributed by atoms with Gasteiger partial charge in [-0.25, -0.2) is 4.39 Å². The number of methoxy groups -OCH3 is 1. The van der Waals surface area contributed by atoms with E-state index in [4.69, 9.17) is 4.74 Å². The molecule has 106 valence electrons. The van der Waals surface area contributed by atoms with Gasteiger partial charge in [-0.1, -0.05) is 15.9 Å². The predicted octanol–water partition coefficient (Wildman–Crippen LogP) is 3.74. The lowest BCUT2D eigenvalue weighted by Gasteiger charge is -2.20. The Morgan fingerprint density at radius 3 is 2.55 bits per heavy atom. The van der Waals surface area contributed by atoms with Crippen LogP contribution >= 0.6 is 15.9 Å². The quantitative estimate of drug-likeness (QED) is 0.871. The van der Waals surface area contributed by atoms with Crippen molar-refractivity contribution in [1.29, 1.82) is 0 Å². The molecule has 20 heavy (non-hydrogen) atoms. The number of anilines is 1. The highest BCUT2D eigenvalue weighted by molar-refractivity contribution is 9.10. The maximum absolute atomic E-state index is 12.9. The maximum Gasteiger partial charge on any atom is 0.123 e. The van der Waals surface area contributed by atoms with Crippen molar-refractivity contribution in [2.75, 3.05) is 19.0 Å². The third-order valence-corrected chi connectivity index (χ3v) is 3.67. The van der Waals surface area contributed by atoms with Crippen molar-refractivity contribution >= 4 is 21.6 Å². The molecule has 1 unspecified atom stereocenters. The fraction of sp³-hybridized carbons (Fsp3) is 0.200. The van der Waals surface area contributed by atoms with Gasteiger partial charge in [0.05, 0.1) is 19.8 Å². The zero-order valence-electron chi connectivity index (χ0n) is 10.9. The van der Waals surface area contributed by atoms with Gasteiger partial charge in [0.1, 0.15) is 11.6 Å². The van der Waals surface area contributed by atoms with Crippen molar-refractivity contribution < 1.29 is 14.2 Å². The van der Waals surface area contributed by atoms with Crippen molar-refractivity contribution in [3.8, 4) is 5.75 Å². The summed E-state index contributed by atoms with van der Waals surface area (Å²) in [7, 11) is 1.59. The number of benzene rings is 2. The van der Waals surface area contributed by atoms with E-state index in [0.29, 0.717) is 5.75 Å². The second-order valence-corrected chi connectivity index (χ2v) is 5.13. The van der Waals surface area contributed by atoms with Gasteiger partial charge in [0, 0.05) is 10.2 Å². The van der Waals surface area contributed by atoms with E-state index in [0.717, 1.165) is 15.7 Å². The zero-order valence-corrected chi connectivity index (χ0v) is 12.5. The molecule has 0 amide bonds. The van der Waals surface area contributed by atoms with E-state index in [-0.39, 0.29) is 18.5 Å². The first-order valence-electron chi connectivity index (χ1n) is 6.10. The van der Waals surface area contributed by atoms with Gasteiger partial charge in [0.15, 0.2) is 0 Å². The van der Waals surface area contributed by atoms with E-state index in [1.807, 2.05) is 18.2 Å². The monoisotopic (exact) mass is 339 g/mol. The Bertz CT molecular complexity index is 575. The summed E-state index contributed by atoms with van der Waals surface area (Å²) in [6.45, 7) is -0.0941. The Morgan fingerprint density at radius 2 is 1.95 bits per heavy atom. The van der Waals surface area contributed by atoms with Gasteiger partial charge in [-0.15, -0.1) is 0 Å². The number of ether oxygens (including phenoxy) is 1. The SMILES string of the molecule is COc1ccc(Br)c(C(CO)Nc2ccc(F)cc2)c1. The Balaban J connectivity index is 2.25. The van der Waals surface area contributed by atoms with Crippen molar-refractivity contribution in [3.63, 3.8) is 0 Å². The Kier molecular flexibility index (Phi) is 4.98. The lowest BCUT2D eigenvalue weighted by Crippen LogP contribution is -2.15. The van der Waals surface area contributed by atoms with Crippen molar-refractivity contribution in [2.45, 2.75) is 6.04 Å². The molecule has 0 heterocycles. The number of aliphatic hydroxyl groups excluding tert-OH is 1. The van der Waals surface area contributed by atoms with Gasteiger partial charge in [0.2, 0.25) is 0 Å². The van der Waals surface area contributed by atoms with E-state index < -0.39 is 0 Å². The van der Waals surface area contributed by atoms with Gasteiger partial charge < -0.3 is 15.2 Å². The Hall–Kier alpha value is -1.59. The third-order valence-electron chi connectivity index (χ3n) is 2.95. The molecule has 0 aromatic heterocycles. The second kappa shape index (κ2) is 6.72. The fourth-order valence-corrected chi connectivity index (χ4v) is 2.41. The van der Waals surface area contributed by atoms with Crippen LogP contribution in [0.4, 0.5) is 10.1 Å². The van der Waals surface area contributed by atoms with E-state index in [1.165, 1.54) is 12.1 Å². The van der Waals surface area contributed by atoms with Gasteiger partial charge in [-0.05, 0) is 48.0 Å². The molecule has 2 aromatic rings. The highest BCUT2D eigenvalue weighted by atomic mass is 79.9. The summed E-state index contributed by atoms with van der Waals surface area (Å²) in [5.41, 5.74) is 1.61. The fourth-order valence-electron chi connectivity index (χ4n) is 1.88. The predicted molar refractivity (Wildman–Crippen MR) is 80.5 cm³/mol. The number of rotatable bonds is 5. The minimum absolute atomic E-state index is 0.0941. The molecule has 2 rings (SSSR count). The van der Waals surface area contributed by atoms with Crippen LogP contribution < -0.4 is 10.1 Å². The highest BCUT2D eigenvalue weighted by Gasteiger charge is 2.14.